The van der Waals surface area contributed by atoms with Crippen LogP contribution in [0, 0.1) is 0 Å². The smallest absolute Gasteiger partial charge is 0.0720 e. The lowest BCUT2D eigenvalue weighted by Crippen LogP contribution is -2.01. The SMILES string of the molecule is CCCCCC(O)/C=C/CCCCCCCCCCO. The van der Waals surface area contributed by atoms with Gasteiger partial charge in [-0.2, -0.15) is 0 Å². The molecule has 0 bridgehead atoms. The number of aliphatic hydroxyl groups excluding tert-OH is 2. The Balaban J connectivity index is 3.18. The highest BCUT2D eigenvalue weighted by atomic mass is 16.3. The zero-order chi connectivity index (χ0) is 14.9. The maximum absolute atomic E-state index is 9.71. The van der Waals surface area contributed by atoms with Crippen LogP contribution in [0.1, 0.15) is 90.4 Å². The zero-order valence-corrected chi connectivity index (χ0v) is 13.5. The molecular weight excluding hydrogens is 248 g/mol. The normalized spacial score (nSPS) is 13.2. The molecule has 0 heterocycles. The lowest BCUT2D eigenvalue weighted by Gasteiger charge is -2.04. The molecule has 20 heavy (non-hydrogen) atoms. The van der Waals surface area contributed by atoms with Gasteiger partial charge in [0.2, 0.25) is 0 Å². The van der Waals surface area contributed by atoms with E-state index in [1.54, 1.807) is 0 Å². The van der Waals surface area contributed by atoms with Gasteiger partial charge >= 0.3 is 0 Å². The summed E-state index contributed by atoms with van der Waals surface area (Å²) in [5.41, 5.74) is 0. The zero-order valence-electron chi connectivity index (χ0n) is 13.5. The van der Waals surface area contributed by atoms with Gasteiger partial charge in [-0.05, 0) is 25.7 Å². The van der Waals surface area contributed by atoms with Crippen molar-refractivity contribution in [2.45, 2.75) is 96.5 Å². The molecule has 120 valence electrons. The minimum atomic E-state index is -0.229. The van der Waals surface area contributed by atoms with Gasteiger partial charge in [0, 0.05) is 6.61 Å². The minimum absolute atomic E-state index is 0.229. The van der Waals surface area contributed by atoms with Crippen molar-refractivity contribution in [3.05, 3.63) is 12.2 Å². The summed E-state index contributed by atoms with van der Waals surface area (Å²) in [6, 6.07) is 0. The maximum atomic E-state index is 9.71. The molecule has 0 aromatic heterocycles. The lowest BCUT2D eigenvalue weighted by molar-refractivity contribution is 0.208. The summed E-state index contributed by atoms with van der Waals surface area (Å²) in [6.45, 7) is 2.53. The monoisotopic (exact) mass is 284 g/mol. The Hall–Kier alpha value is -0.340. The van der Waals surface area contributed by atoms with Gasteiger partial charge in [-0.3, -0.25) is 0 Å². The van der Waals surface area contributed by atoms with Crippen LogP contribution in [0.3, 0.4) is 0 Å². The molecule has 0 saturated heterocycles. The third kappa shape index (κ3) is 15.7. The van der Waals surface area contributed by atoms with Gasteiger partial charge in [-0.25, -0.2) is 0 Å². The summed E-state index contributed by atoms with van der Waals surface area (Å²) in [6.07, 6.45) is 19.4. The second-order valence-corrected chi connectivity index (χ2v) is 5.83. The van der Waals surface area contributed by atoms with Crippen molar-refractivity contribution >= 4 is 0 Å². The van der Waals surface area contributed by atoms with E-state index in [-0.39, 0.29) is 6.10 Å². The van der Waals surface area contributed by atoms with Crippen molar-refractivity contribution in [3.8, 4) is 0 Å². The molecule has 1 unspecified atom stereocenters. The van der Waals surface area contributed by atoms with Crippen molar-refractivity contribution in [1.82, 2.24) is 0 Å². The largest absolute Gasteiger partial charge is 0.396 e. The van der Waals surface area contributed by atoms with Crippen LogP contribution in [-0.2, 0) is 0 Å². The second kappa shape index (κ2) is 16.7. The number of hydrogen-bond donors (Lipinski definition) is 2. The van der Waals surface area contributed by atoms with E-state index < -0.39 is 0 Å². The average molecular weight is 284 g/mol. The van der Waals surface area contributed by atoms with Crippen molar-refractivity contribution in [3.63, 3.8) is 0 Å². The third-order valence-electron chi connectivity index (χ3n) is 3.74. The molecule has 0 aromatic carbocycles. The Bertz CT molecular complexity index is 202. The Kier molecular flexibility index (Phi) is 16.4. The predicted octanol–water partition coefficient (Wildman–Crippen LogP) is 4.99. The molecule has 2 heteroatoms. The highest BCUT2D eigenvalue weighted by Gasteiger charge is 1.97. The summed E-state index contributed by atoms with van der Waals surface area (Å²) in [4.78, 5) is 0. The molecule has 0 aliphatic heterocycles. The first kappa shape index (κ1) is 19.7. The summed E-state index contributed by atoms with van der Waals surface area (Å²) in [7, 11) is 0. The Morgan fingerprint density at radius 2 is 1.40 bits per heavy atom. The fourth-order valence-electron chi connectivity index (χ4n) is 2.39. The molecule has 0 radical (unpaired) electrons. The van der Waals surface area contributed by atoms with E-state index in [0.717, 1.165) is 25.7 Å². The van der Waals surface area contributed by atoms with Gasteiger partial charge in [-0.1, -0.05) is 76.9 Å². The molecule has 1 atom stereocenters. The summed E-state index contributed by atoms with van der Waals surface area (Å²) < 4.78 is 0. The molecule has 0 spiro atoms. The third-order valence-corrected chi connectivity index (χ3v) is 3.74. The first-order valence-electron chi connectivity index (χ1n) is 8.76. The highest BCUT2D eigenvalue weighted by Crippen LogP contribution is 2.10. The first-order chi connectivity index (χ1) is 9.81. The number of hydrogen-bond acceptors (Lipinski definition) is 2. The van der Waals surface area contributed by atoms with Gasteiger partial charge in [0.05, 0.1) is 6.10 Å². The van der Waals surface area contributed by atoms with Crippen LogP contribution in [0.15, 0.2) is 12.2 Å². The van der Waals surface area contributed by atoms with Gasteiger partial charge < -0.3 is 10.2 Å². The van der Waals surface area contributed by atoms with E-state index in [1.807, 2.05) is 6.08 Å². The molecule has 2 nitrogen and oxygen atoms in total. The average Bonchev–Trinajstić information content (AvgIpc) is 2.45. The standard InChI is InChI=1S/C18H36O2/c1-2-3-12-15-18(20)16-13-10-8-6-4-5-7-9-11-14-17-19/h13,16,18-20H,2-12,14-15,17H2,1H3/b16-13+. The molecular formula is C18H36O2. The van der Waals surface area contributed by atoms with Gasteiger partial charge in [0.15, 0.2) is 0 Å². The van der Waals surface area contributed by atoms with Crippen LogP contribution in [0.25, 0.3) is 0 Å². The van der Waals surface area contributed by atoms with Crippen molar-refractivity contribution < 1.29 is 10.2 Å². The van der Waals surface area contributed by atoms with Crippen LogP contribution < -0.4 is 0 Å². The number of allylic oxidation sites excluding steroid dienone is 1. The molecule has 0 rings (SSSR count). The van der Waals surface area contributed by atoms with Crippen molar-refractivity contribution in [2.24, 2.45) is 0 Å². The summed E-state index contributed by atoms with van der Waals surface area (Å²) in [5.74, 6) is 0. The van der Waals surface area contributed by atoms with Gasteiger partial charge in [-0.15, -0.1) is 0 Å². The Labute approximate surface area is 126 Å². The van der Waals surface area contributed by atoms with Gasteiger partial charge in [0.25, 0.3) is 0 Å². The van der Waals surface area contributed by atoms with E-state index in [2.05, 4.69) is 13.0 Å². The number of rotatable bonds is 15. The minimum Gasteiger partial charge on any atom is -0.396 e. The van der Waals surface area contributed by atoms with Crippen molar-refractivity contribution in [2.75, 3.05) is 6.61 Å². The molecule has 0 aliphatic rings. The fourth-order valence-corrected chi connectivity index (χ4v) is 2.39. The van der Waals surface area contributed by atoms with E-state index in [4.69, 9.17) is 5.11 Å². The van der Waals surface area contributed by atoms with Crippen LogP contribution in [-0.4, -0.2) is 22.9 Å². The Morgan fingerprint density at radius 1 is 0.800 bits per heavy atom. The molecule has 0 amide bonds. The highest BCUT2D eigenvalue weighted by molar-refractivity contribution is 4.88. The lowest BCUT2D eigenvalue weighted by atomic mass is 10.1. The fraction of sp³-hybridized carbons (Fsp3) is 0.889. The quantitative estimate of drug-likeness (QED) is 0.328. The molecule has 0 aromatic rings. The van der Waals surface area contributed by atoms with Crippen molar-refractivity contribution in [1.29, 1.82) is 0 Å². The molecule has 0 fully saturated rings. The summed E-state index contributed by atoms with van der Waals surface area (Å²) in [5, 5.41) is 18.4. The summed E-state index contributed by atoms with van der Waals surface area (Å²) >= 11 is 0. The van der Waals surface area contributed by atoms with Crippen LogP contribution >= 0.6 is 0 Å². The molecule has 2 N–H and O–H groups in total. The van der Waals surface area contributed by atoms with E-state index >= 15 is 0 Å². The molecule has 0 aliphatic carbocycles. The maximum Gasteiger partial charge on any atom is 0.0720 e. The first-order valence-corrected chi connectivity index (χ1v) is 8.76. The molecule has 0 saturated carbocycles. The topological polar surface area (TPSA) is 40.5 Å². The van der Waals surface area contributed by atoms with Crippen LogP contribution in [0.5, 0.6) is 0 Å². The van der Waals surface area contributed by atoms with E-state index in [1.165, 1.54) is 57.8 Å². The number of aliphatic hydroxyl groups is 2. The van der Waals surface area contributed by atoms with Crippen LogP contribution in [0.2, 0.25) is 0 Å². The van der Waals surface area contributed by atoms with Gasteiger partial charge in [0.1, 0.15) is 0 Å². The second-order valence-electron chi connectivity index (χ2n) is 5.83. The number of unbranched alkanes of at least 4 members (excludes halogenated alkanes) is 10. The van der Waals surface area contributed by atoms with E-state index in [9.17, 15) is 5.11 Å². The van der Waals surface area contributed by atoms with Crippen LogP contribution in [0.4, 0.5) is 0 Å². The predicted molar refractivity (Wildman–Crippen MR) is 87.9 cm³/mol. The van der Waals surface area contributed by atoms with E-state index in [0.29, 0.717) is 6.61 Å². The Morgan fingerprint density at radius 3 is 2.00 bits per heavy atom.